The fraction of sp³-hybridized carbons (Fsp3) is 0.500. The first-order valence-electron chi connectivity index (χ1n) is 6.14. The number of carbonyl (C=O) groups is 1. The van der Waals surface area contributed by atoms with E-state index in [4.69, 9.17) is 5.11 Å². The minimum atomic E-state index is -0.693. The Morgan fingerprint density at radius 2 is 2.12 bits per heavy atom. The predicted molar refractivity (Wildman–Crippen MR) is 67.0 cm³/mol. The lowest BCUT2D eigenvalue weighted by Crippen LogP contribution is -2.17. The highest BCUT2D eigenvalue weighted by Gasteiger charge is 2.31. The Balaban J connectivity index is 2.21. The van der Waals surface area contributed by atoms with Gasteiger partial charge >= 0.3 is 5.97 Å². The van der Waals surface area contributed by atoms with Crippen molar-refractivity contribution in [3.05, 3.63) is 35.4 Å². The minimum absolute atomic E-state index is 0.190. The maximum Gasteiger partial charge on any atom is 0.307 e. The first-order chi connectivity index (χ1) is 8.09. The van der Waals surface area contributed by atoms with Crippen LogP contribution < -0.4 is 5.32 Å². The summed E-state index contributed by atoms with van der Waals surface area (Å²) < 4.78 is 0. The monoisotopic (exact) mass is 233 g/mol. The Bertz CT molecular complexity index is 414. The van der Waals surface area contributed by atoms with Gasteiger partial charge in [0.25, 0.3) is 0 Å². The van der Waals surface area contributed by atoms with Crippen LogP contribution in [0.1, 0.15) is 43.4 Å². The molecular formula is C14H19NO2. The number of rotatable bonds is 3. The van der Waals surface area contributed by atoms with E-state index in [2.05, 4.69) is 31.3 Å². The van der Waals surface area contributed by atoms with Crippen molar-refractivity contribution in [2.24, 2.45) is 5.92 Å². The maximum atomic E-state index is 11.0. The van der Waals surface area contributed by atoms with E-state index >= 15 is 0 Å². The van der Waals surface area contributed by atoms with Gasteiger partial charge in [-0.3, -0.25) is 4.79 Å². The van der Waals surface area contributed by atoms with E-state index in [1.807, 2.05) is 12.1 Å². The molecule has 2 rings (SSSR count). The third-order valence-corrected chi connectivity index (χ3v) is 3.47. The van der Waals surface area contributed by atoms with Crippen molar-refractivity contribution in [2.45, 2.75) is 32.2 Å². The van der Waals surface area contributed by atoms with Crippen LogP contribution in [-0.4, -0.2) is 17.6 Å². The zero-order valence-corrected chi connectivity index (χ0v) is 10.3. The van der Waals surface area contributed by atoms with Crippen LogP contribution in [0.25, 0.3) is 0 Å². The Kier molecular flexibility index (Phi) is 3.48. The summed E-state index contributed by atoms with van der Waals surface area (Å²) in [6, 6.07) is 8.50. The van der Waals surface area contributed by atoms with Crippen molar-refractivity contribution >= 4 is 5.97 Å². The van der Waals surface area contributed by atoms with Gasteiger partial charge in [0.05, 0.1) is 5.92 Å². The summed E-state index contributed by atoms with van der Waals surface area (Å²) in [6.07, 6.45) is 0.694. The molecule has 1 saturated heterocycles. The number of carboxylic acid groups (broad SMARTS) is 1. The number of hydrogen-bond donors (Lipinski definition) is 2. The van der Waals surface area contributed by atoms with E-state index in [-0.39, 0.29) is 12.0 Å². The van der Waals surface area contributed by atoms with E-state index in [1.54, 1.807) is 0 Å². The average Bonchev–Trinajstić information content (AvgIpc) is 2.78. The molecule has 1 heterocycles. The topological polar surface area (TPSA) is 49.3 Å². The molecule has 1 aliphatic heterocycles. The van der Waals surface area contributed by atoms with Crippen LogP contribution >= 0.6 is 0 Å². The van der Waals surface area contributed by atoms with Crippen molar-refractivity contribution in [1.29, 1.82) is 0 Å². The minimum Gasteiger partial charge on any atom is -0.481 e. The molecule has 92 valence electrons. The van der Waals surface area contributed by atoms with Gasteiger partial charge in [-0.15, -0.1) is 0 Å². The van der Waals surface area contributed by atoms with E-state index in [9.17, 15) is 4.79 Å². The van der Waals surface area contributed by atoms with Crippen LogP contribution in [0.2, 0.25) is 0 Å². The zero-order valence-electron chi connectivity index (χ0n) is 10.3. The fourth-order valence-corrected chi connectivity index (χ4v) is 2.51. The number of nitrogens with one attached hydrogen (secondary N) is 1. The lowest BCUT2D eigenvalue weighted by atomic mass is 9.91. The molecule has 0 aliphatic carbocycles. The van der Waals surface area contributed by atoms with Gasteiger partial charge in [0.1, 0.15) is 0 Å². The standard InChI is InChI=1S/C14H19NO2/c1-9(2)11-5-3-4-6-12(11)13-7-10(8-15-13)14(16)17/h3-6,9-10,13,15H,7-8H2,1-2H3,(H,16,17). The summed E-state index contributed by atoms with van der Waals surface area (Å²) in [4.78, 5) is 11.0. The van der Waals surface area contributed by atoms with E-state index in [1.165, 1.54) is 11.1 Å². The Labute approximate surface area is 102 Å². The normalized spacial score (nSPS) is 24.2. The molecule has 2 atom stereocenters. The highest BCUT2D eigenvalue weighted by atomic mass is 16.4. The van der Waals surface area contributed by atoms with Gasteiger partial charge < -0.3 is 10.4 Å². The Morgan fingerprint density at radius 3 is 2.71 bits per heavy atom. The lowest BCUT2D eigenvalue weighted by Gasteiger charge is -2.18. The first-order valence-corrected chi connectivity index (χ1v) is 6.14. The molecule has 0 saturated carbocycles. The van der Waals surface area contributed by atoms with Gasteiger partial charge in [-0.1, -0.05) is 38.1 Å². The molecule has 3 nitrogen and oxygen atoms in total. The lowest BCUT2D eigenvalue weighted by molar-refractivity contribution is -0.141. The molecule has 1 fully saturated rings. The smallest absolute Gasteiger partial charge is 0.307 e. The molecule has 0 amide bonds. The third kappa shape index (κ3) is 2.50. The molecule has 0 aromatic heterocycles. The summed E-state index contributed by atoms with van der Waals surface area (Å²) in [5, 5.41) is 12.3. The van der Waals surface area contributed by atoms with Crippen LogP contribution in [0, 0.1) is 5.92 Å². The number of benzene rings is 1. The summed E-state index contributed by atoms with van der Waals surface area (Å²) in [7, 11) is 0. The molecule has 3 heteroatoms. The molecule has 1 aliphatic rings. The van der Waals surface area contributed by atoms with Crippen molar-refractivity contribution in [3.63, 3.8) is 0 Å². The first kappa shape index (κ1) is 12.1. The highest BCUT2D eigenvalue weighted by Crippen LogP contribution is 2.32. The van der Waals surface area contributed by atoms with Gasteiger partial charge in [0.2, 0.25) is 0 Å². The second kappa shape index (κ2) is 4.88. The van der Waals surface area contributed by atoms with Crippen LogP contribution in [0.5, 0.6) is 0 Å². The zero-order chi connectivity index (χ0) is 12.4. The second-order valence-electron chi connectivity index (χ2n) is 5.02. The average molecular weight is 233 g/mol. The molecule has 2 unspecified atom stereocenters. The molecule has 1 aromatic rings. The van der Waals surface area contributed by atoms with Crippen molar-refractivity contribution in [3.8, 4) is 0 Å². The molecule has 17 heavy (non-hydrogen) atoms. The van der Waals surface area contributed by atoms with Gasteiger partial charge in [0.15, 0.2) is 0 Å². The number of hydrogen-bond acceptors (Lipinski definition) is 2. The van der Waals surface area contributed by atoms with Crippen molar-refractivity contribution in [1.82, 2.24) is 5.32 Å². The van der Waals surface area contributed by atoms with Crippen LogP contribution in [0.4, 0.5) is 0 Å². The van der Waals surface area contributed by atoms with E-state index in [0.29, 0.717) is 18.9 Å². The predicted octanol–water partition coefficient (Wildman–Crippen LogP) is 2.55. The fourth-order valence-electron chi connectivity index (χ4n) is 2.51. The molecule has 0 radical (unpaired) electrons. The second-order valence-corrected chi connectivity index (χ2v) is 5.02. The van der Waals surface area contributed by atoms with Crippen LogP contribution in [0.15, 0.2) is 24.3 Å². The summed E-state index contributed by atoms with van der Waals surface area (Å²) >= 11 is 0. The molecule has 0 bridgehead atoms. The van der Waals surface area contributed by atoms with E-state index in [0.717, 1.165) is 0 Å². The number of carboxylic acids is 1. The highest BCUT2D eigenvalue weighted by molar-refractivity contribution is 5.70. The largest absolute Gasteiger partial charge is 0.481 e. The molecule has 2 N–H and O–H groups in total. The SMILES string of the molecule is CC(C)c1ccccc1C1CC(C(=O)O)CN1. The molecular weight excluding hydrogens is 214 g/mol. The van der Waals surface area contributed by atoms with E-state index < -0.39 is 5.97 Å². The summed E-state index contributed by atoms with van der Waals surface area (Å²) in [5.74, 6) is -0.473. The van der Waals surface area contributed by atoms with Gasteiger partial charge in [-0.05, 0) is 23.5 Å². The Morgan fingerprint density at radius 1 is 1.41 bits per heavy atom. The van der Waals surface area contributed by atoms with Gasteiger partial charge in [-0.2, -0.15) is 0 Å². The third-order valence-electron chi connectivity index (χ3n) is 3.47. The van der Waals surface area contributed by atoms with Gasteiger partial charge in [-0.25, -0.2) is 0 Å². The van der Waals surface area contributed by atoms with Gasteiger partial charge in [0, 0.05) is 12.6 Å². The molecule has 0 spiro atoms. The van der Waals surface area contributed by atoms with Crippen molar-refractivity contribution in [2.75, 3.05) is 6.54 Å². The molecule has 1 aromatic carbocycles. The van der Waals surface area contributed by atoms with Crippen molar-refractivity contribution < 1.29 is 9.90 Å². The van der Waals surface area contributed by atoms with Crippen LogP contribution in [0.3, 0.4) is 0 Å². The summed E-state index contributed by atoms with van der Waals surface area (Å²) in [6.45, 7) is 4.91. The summed E-state index contributed by atoms with van der Waals surface area (Å²) in [5.41, 5.74) is 2.57. The Hall–Kier alpha value is -1.35. The maximum absolute atomic E-state index is 11.0. The number of aliphatic carboxylic acids is 1. The van der Waals surface area contributed by atoms with Crippen LogP contribution in [-0.2, 0) is 4.79 Å². The quantitative estimate of drug-likeness (QED) is 0.843.